The maximum absolute atomic E-state index is 11.8. The number of ketones is 3. The molecule has 1 aliphatic carbocycles. The second kappa shape index (κ2) is 10.7. The zero-order valence-electron chi connectivity index (χ0n) is 15.1. The highest BCUT2D eigenvalue weighted by molar-refractivity contribution is 6.40. The molecule has 0 unspecified atom stereocenters. The quantitative estimate of drug-likeness (QED) is 0.410. The van der Waals surface area contributed by atoms with Crippen LogP contribution in [0.3, 0.4) is 0 Å². The molecule has 130 valence electrons. The first kappa shape index (κ1) is 20.0. The molecule has 0 saturated heterocycles. The Morgan fingerprint density at radius 2 is 1.33 bits per heavy atom. The molecule has 0 heterocycles. The first-order valence-corrected chi connectivity index (χ1v) is 8.79. The molecule has 1 aromatic rings. The Morgan fingerprint density at radius 3 is 1.75 bits per heavy atom. The minimum absolute atomic E-state index is 0.316. The van der Waals surface area contributed by atoms with Gasteiger partial charge in [-0.05, 0) is 24.5 Å². The van der Waals surface area contributed by atoms with Crippen molar-refractivity contribution >= 4 is 22.9 Å². The third kappa shape index (κ3) is 7.03. The van der Waals surface area contributed by atoms with Crippen LogP contribution >= 0.6 is 0 Å². The highest BCUT2D eigenvalue weighted by Crippen LogP contribution is 2.16. The fourth-order valence-electron chi connectivity index (χ4n) is 2.60. The van der Waals surface area contributed by atoms with Crippen LogP contribution in [0.25, 0.3) is 5.57 Å². The maximum atomic E-state index is 11.8. The molecule has 0 spiro atoms. The van der Waals surface area contributed by atoms with Crippen LogP contribution in [0.2, 0.25) is 0 Å². The van der Waals surface area contributed by atoms with E-state index in [4.69, 9.17) is 0 Å². The lowest BCUT2D eigenvalue weighted by Crippen LogP contribution is -2.15. The van der Waals surface area contributed by atoms with E-state index in [9.17, 15) is 14.4 Å². The lowest BCUT2D eigenvalue weighted by molar-refractivity contribution is -0.134. The van der Waals surface area contributed by atoms with Gasteiger partial charge in [-0.3, -0.25) is 14.4 Å². The molecule has 1 fully saturated rings. The predicted octanol–water partition coefficient (Wildman–Crippen LogP) is 5.18. The van der Waals surface area contributed by atoms with E-state index < -0.39 is 11.6 Å². The van der Waals surface area contributed by atoms with Crippen molar-refractivity contribution in [3.05, 3.63) is 41.5 Å². The molecule has 1 aromatic carbocycles. The molecule has 0 radical (unpaired) electrons. The van der Waals surface area contributed by atoms with Gasteiger partial charge in [-0.25, -0.2) is 0 Å². The molecular weight excluding hydrogens is 300 g/mol. The second-order valence-corrected chi connectivity index (χ2v) is 6.22. The summed E-state index contributed by atoms with van der Waals surface area (Å²) in [6.07, 6.45) is 10.2. The van der Waals surface area contributed by atoms with Gasteiger partial charge in [-0.2, -0.15) is 0 Å². The number of carbonyl (C=O) groups excluding carboxylic acids is 3. The van der Waals surface area contributed by atoms with Crippen molar-refractivity contribution in [2.45, 2.75) is 65.7 Å². The minimum atomic E-state index is -0.642. The van der Waals surface area contributed by atoms with E-state index in [2.05, 4.69) is 13.0 Å². The zero-order chi connectivity index (χ0) is 17.9. The van der Waals surface area contributed by atoms with E-state index in [0.717, 1.165) is 17.6 Å². The molecule has 0 aromatic heterocycles. The zero-order valence-corrected chi connectivity index (χ0v) is 15.1. The van der Waals surface area contributed by atoms with Gasteiger partial charge in [0.15, 0.2) is 11.6 Å². The molecule has 2 rings (SSSR count). The van der Waals surface area contributed by atoms with E-state index in [-0.39, 0.29) is 12.2 Å². The number of rotatable bonds is 6. The third-order valence-corrected chi connectivity index (χ3v) is 4.14. The van der Waals surface area contributed by atoms with Crippen molar-refractivity contribution in [1.82, 2.24) is 0 Å². The third-order valence-electron chi connectivity index (χ3n) is 4.14. The van der Waals surface area contributed by atoms with Gasteiger partial charge in [0.25, 0.3) is 0 Å². The van der Waals surface area contributed by atoms with Gasteiger partial charge < -0.3 is 0 Å². The van der Waals surface area contributed by atoms with Crippen LogP contribution in [0.1, 0.15) is 81.6 Å². The van der Waals surface area contributed by atoms with Crippen molar-refractivity contribution in [3.63, 3.8) is 0 Å². The molecule has 1 aliphatic rings. The molecule has 0 atom stereocenters. The first-order valence-electron chi connectivity index (χ1n) is 8.79. The molecule has 0 N–H and O–H groups in total. The summed E-state index contributed by atoms with van der Waals surface area (Å²) in [5.74, 6) is -1.54. The van der Waals surface area contributed by atoms with Crippen molar-refractivity contribution in [3.8, 4) is 0 Å². The van der Waals surface area contributed by atoms with Gasteiger partial charge in [0.05, 0.1) is 6.42 Å². The van der Waals surface area contributed by atoms with Crippen LogP contribution < -0.4 is 0 Å². The summed E-state index contributed by atoms with van der Waals surface area (Å²) in [6, 6.07) is 7.09. The van der Waals surface area contributed by atoms with Gasteiger partial charge in [0, 0.05) is 12.5 Å². The van der Waals surface area contributed by atoms with Crippen LogP contribution in [-0.4, -0.2) is 17.3 Å². The fraction of sp³-hybridized carbons (Fsp3) is 0.476. The summed E-state index contributed by atoms with van der Waals surface area (Å²) in [4.78, 5) is 33.8. The van der Waals surface area contributed by atoms with Crippen LogP contribution in [-0.2, 0) is 9.59 Å². The second-order valence-electron chi connectivity index (χ2n) is 6.22. The number of hydrogen-bond donors (Lipinski definition) is 0. The van der Waals surface area contributed by atoms with Gasteiger partial charge in [0.2, 0.25) is 5.78 Å². The monoisotopic (exact) mass is 328 g/mol. The lowest BCUT2D eigenvalue weighted by atomic mass is 10.0. The Kier molecular flexibility index (Phi) is 8.92. The summed E-state index contributed by atoms with van der Waals surface area (Å²) in [7, 11) is 0. The number of Topliss-reactive ketones (excluding diaryl/α,β-unsaturated/α-hetero) is 3. The molecule has 0 amide bonds. The minimum Gasteiger partial charge on any atom is -0.294 e. The summed E-state index contributed by atoms with van der Waals surface area (Å²) in [5, 5.41) is 0. The van der Waals surface area contributed by atoms with Crippen molar-refractivity contribution < 1.29 is 14.4 Å². The molecule has 0 bridgehead atoms. The van der Waals surface area contributed by atoms with E-state index in [0.29, 0.717) is 5.56 Å². The molecule has 0 aliphatic heterocycles. The standard InChI is InChI=1S/C16H18O3.C5H10/c1-4-5-11(2)13-6-8-14(9-7-13)16(19)10-15(18)12(3)17;1-2-4-5-3-1/h5-9H,4,10H2,1-3H3;1-5H2/b11-5-;. The van der Waals surface area contributed by atoms with Gasteiger partial charge in [-0.1, -0.05) is 69.4 Å². The highest BCUT2D eigenvalue weighted by Gasteiger charge is 2.15. The van der Waals surface area contributed by atoms with Crippen LogP contribution in [0, 0.1) is 0 Å². The first-order chi connectivity index (χ1) is 11.5. The summed E-state index contributed by atoms with van der Waals surface area (Å²) >= 11 is 0. The Labute approximate surface area is 145 Å². The molecule has 24 heavy (non-hydrogen) atoms. The predicted molar refractivity (Wildman–Crippen MR) is 98.1 cm³/mol. The van der Waals surface area contributed by atoms with E-state index in [1.54, 1.807) is 12.1 Å². The van der Waals surface area contributed by atoms with Crippen molar-refractivity contribution in [2.75, 3.05) is 0 Å². The normalized spacial score (nSPS) is 13.9. The Balaban J connectivity index is 0.000000488. The van der Waals surface area contributed by atoms with E-state index in [1.807, 2.05) is 19.1 Å². The Morgan fingerprint density at radius 1 is 0.875 bits per heavy atom. The smallest absolute Gasteiger partial charge is 0.205 e. The van der Waals surface area contributed by atoms with Crippen molar-refractivity contribution in [1.29, 1.82) is 0 Å². The number of benzene rings is 1. The lowest BCUT2D eigenvalue weighted by Gasteiger charge is -2.03. The van der Waals surface area contributed by atoms with Gasteiger partial charge in [-0.15, -0.1) is 0 Å². The van der Waals surface area contributed by atoms with Crippen LogP contribution in [0.4, 0.5) is 0 Å². The average molecular weight is 328 g/mol. The molecule has 1 saturated carbocycles. The van der Waals surface area contributed by atoms with Gasteiger partial charge in [0.1, 0.15) is 0 Å². The Bertz CT molecular complexity index is 582. The van der Waals surface area contributed by atoms with E-state index in [1.165, 1.54) is 39.0 Å². The summed E-state index contributed by atoms with van der Waals surface area (Å²) in [6.45, 7) is 5.26. The summed E-state index contributed by atoms with van der Waals surface area (Å²) < 4.78 is 0. The molecule has 3 nitrogen and oxygen atoms in total. The largest absolute Gasteiger partial charge is 0.294 e. The number of hydrogen-bond acceptors (Lipinski definition) is 3. The number of allylic oxidation sites excluding steroid dienone is 2. The molecular formula is C21H28O3. The van der Waals surface area contributed by atoms with Crippen LogP contribution in [0.15, 0.2) is 30.3 Å². The highest BCUT2D eigenvalue weighted by atomic mass is 16.2. The van der Waals surface area contributed by atoms with Gasteiger partial charge >= 0.3 is 0 Å². The Hall–Kier alpha value is -2.03. The number of carbonyl (C=O) groups is 3. The SMILES string of the molecule is C1CCCC1.CC/C=C(/C)c1ccc(C(=O)CC(=O)C(C)=O)cc1. The maximum Gasteiger partial charge on any atom is 0.205 e. The fourth-order valence-corrected chi connectivity index (χ4v) is 2.60. The topological polar surface area (TPSA) is 51.2 Å². The van der Waals surface area contributed by atoms with Crippen molar-refractivity contribution in [2.24, 2.45) is 0 Å². The average Bonchev–Trinajstić information content (AvgIpc) is 3.14. The van der Waals surface area contributed by atoms with E-state index >= 15 is 0 Å². The van der Waals surface area contributed by atoms with Crippen LogP contribution in [0.5, 0.6) is 0 Å². The molecule has 3 heteroatoms. The summed E-state index contributed by atoms with van der Waals surface area (Å²) in [5.41, 5.74) is 2.67.